The number of amides is 5. The van der Waals surface area contributed by atoms with E-state index in [1.54, 1.807) is 41.5 Å². The molecule has 1 aliphatic carbocycles. The van der Waals surface area contributed by atoms with Gasteiger partial charge in [-0.25, -0.2) is 9.59 Å². The summed E-state index contributed by atoms with van der Waals surface area (Å²) in [6.07, 6.45) is 12.5. The largest absolute Gasteiger partial charge is 0.454 e. The van der Waals surface area contributed by atoms with Crippen molar-refractivity contribution in [3.05, 3.63) is 41.0 Å². The molecular weight excluding hydrogens is 1110 g/mol. The van der Waals surface area contributed by atoms with Crippen molar-refractivity contribution in [3.63, 3.8) is 0 Å². The monoisotopic (exact) mass is 1210 g/mol. The molecule has 5 amide bonds. The van der Waals surface area contributed by atoms with Crippen molar-refractivity contribution < 1.29 is 76.6 Å². The van der Waals surface area contributed by atoms with Crippen LogP contribution in [0.15, 0.2) is 29.8 Å². The van der Waals surface area contributed by atoms with Crippen LogP contribution in [-0.2, 0) is 78.2 Å². The summed E-state index contributed by atoms with van der Waals surface area (Å²) >= 11 is 0. The van der Waals surface area contributed by atoms with E-state index in [1.807, 2.05) is 30.3 Å². The fourth-order valence-corrected chi connectivity index (χ4v) is 9.18. The third-order valence-electron chi connectivity index (χ3n) is 13.9. The SMILES string of the molecule is CC(C)(C)CC[C@H](CC(=O)N[C@@H](CCC(=O)NCCCCCCCC(=O)C[C@@H](CCCCNC(=O)OC(C)(C)C)C(=O)N[C@@H](CCCCNC(=O)C1=Cc2ccccc2C1)C(=O)C(=O)OC(C)(C)C)C(C)(C)C)C(C)(C)C.O=C=O.O=C=O.O=C=O. The number of ketones is 2. The summed E-state index contributed by atoms with van der Waals surface area (Å²) in [6, 6.07) is 6.50. The average molecular weight is 1210 g/mol. The molecule has 0 aromatic heterocycles. The lowest BCUT2D eigenvalue weighted by molar-refractivity contribution is -0.193. The highest BCUT2D eigenvalue weighted by atomic mass is 16.6. The number of carbonyl (C=O) groups is 8. The van der Waals surface area contributed by atoms with Crippen molar-refractivity contribution in [3.8, 4) is 0 Å². The molecule has 4 atom stereocenters. The molecule has 21 nitrogen and oxygen atoms in total. The molecule has 0 bridgehead atoms. The molecular formula is C65H103N5O16. The van der Waals surface area contributed by atoms with E-state index in [1.165, 1.54) is 0 Å². The zero-order valence-corrected chi connectivity index (χ0v) is 54.3. The lowest BCUT2D eigenvalue weighted by atomic mass is 9.73. The minimum atomic E-state index is -1.20. The average Bonchev–Trinajstić information content (AvgIpc) is 4.08. The first-order valence-electron chi connectivity index (χ1n) is 30.0. The normalized spacial score (nSPS) is 13.2. The topological polar surface area (TPSA) is 318 Å². The van der Waals surface area contributed by atoms with Crippen LogP contribution in [-0.4, -0.2) is 109 Å². The molecule has 1 aromatic carbocycles. The van der Waals surface area contributed by atoms with E-state index < -0.39 is 46.9 Å². The molecule has 0 radical (unpaired) electrons. The van der Waals surface area contributed by atoms with Gasteiger partial charge in [-0.1, -0.05) is 112 Å². The molecule has 0 aliphatic heterocycles. The van der Waals surface area contributed by atoms with Gasteiger partial charge in [0, 0.05) is 69.3 Å². The number of hydrogen-bond acceptors (Lipinski definition) is 16. The number of benzene rings is 1. The van der Waals surface area contributed by atoms with Crippen LogP contribution >= 0.6 is 0 Å². The summed E-state index contributed by atoms with van der Waals surface area (Å²) in [5, 5.41) is 14.8. The number of fused-ring (bicyclic) bond motifs is 1. The Balaban J connectivity index is 0. The number of carbonyl (C=O) groups excluding carboxylic acids is 14. The highest BCUT2D eigenvalue weighted by Gasteiger charge is 2.34. The van der Waals surface area contributed by atoms with Gasteiger partial charge in [-0.3, -0.25) is 28.8 Å². The number of ether oxygens (including phenoxy) is 2. The standard InChI is InChI=1S/C62H103N5O10.3CO2/c1-58(2,3)35-34-47(59(4,5)6)42-52(70)67-50(60(7,8)9)32-33-51(69)63-36-24-18-16-17-19-30-48(68)41-45(29-22-25-38-65-57(75)77-62(13,14)15)55(73)66-49(53(71)56(74)76-61(10,11)12)31-23-26-37-64-54(72)46-39-43-27-20-21-28-44(43)40-46;3*2-1-3/h20-21,27-28,39,45,47,49-50H,16-19,22-26,29-38,40-42H2,1-15H3,(H,63,69)(H,64,72)(H,65,75)(H,66,73)(H,67,70);;;/t45-,47-,49+,50+;;;/m1.../s1. The maximum Gasteiger partial charge on any atom is 0.407 e. The van der Waals surface area contributed by atoms with Crippen molar-refractivity contribution in [2.24, 2.45) is 28.1 Å². The minimum absolute atomic E-state index is 0.00356. The van der Waals surface area contributed by atoms with Crippen LogP contribution in [0, 0.1) is 28.1 Å². The molecule has 0 fully saturated rings. The Bertz CT molecular complexity index is 2390. The van der Waals surface area contributed by atoms with Crippen LogP contribution in [0.3, 0.4) is 0 Å². The Morgan fingerprint density at radius 3 is 1.60 bits per heavy atom. The van der Waals surface area contributed by atoms with Gasteiger partial charge in [0.05, 0.1) is 6.04 Å². The van der Waals surface area contributed by atoms with Crippen LogP contribution in [0.5, 0.6) is 0 Å². The van der Waals surface area contributed by atoms with Gasteiger partial charge in [0.2, 0.25) is 23.6 Å². The summed E-state index contributed by atoms with van der Waals surface area (Å²) in [4.78, 5) is 154. The van der Waals surface area contributed by atoms with Gasteiger partial charge in [0.1, 0.15) is 17.0 Å². The van der Waals surface area contributed by atoms with Crippen molar-refractivity contribution >= 4 is 71.8 Å². The molecule has 1 aliphatic rings. The number of hydrogen-bond donors (Lipinski definition) is 5. The van der Waals surface area contributed by atoms with Crippen molar-refractivity contribution in [2.45, 2.75) is 249 Å². The lowest BCUT2D eigenvalue weighted by Gasteiger charge is -2.35. The first-order chi connectivity index (χ1) is 39.9. The molecule has 21 heteroatoms. The Morgan fingerprint density at radius 2 is 1.06 bits per heavy atom. The van der Waals surface area contributed by atoms with Crippen LogP contribution in [0.2, 0.25) is 0 Å². The molecule has 0 heterocycles. The first kappa shape index (κ1) is 81.1. The van der Waals surface area contributed by atoms with Gasteiger partial charge in [0.15, 0.2) is 0 Å². The van der Waals surface area contributed by atoms with Crippen LogP contribution in [0.4, 0.5) is 4.79 Å². The predicted octanol–water partition coefficient (Wildman–Crippen LogP) is 9.47. The lowest BCUT2D eigenvalue weighted by Crippen LogP contribution is -2.48. The van der Waals surface area contributed by atoms with Gasteiger partial charge in [-0.05, 0) is 145 Å². The molecule has 0 unspecified atom stereocenters. The van der Waals surface area contributed by atoms with E-state index in [9.17, 15) is 38.4 Å². The maximum atomic E-state index is 14.1. The summed E-state index contributed by atoms with van der Waals surface area (Å²) in [5.41, 5.74) is 1.17. The Morgan fingerprint density at radius 1 is 0.535 bits per heavy atom. The second kappa shape index (κ2) is 42.0. The second-order valence-electron chi connectivity index (χ2n) is 27.1. The minimum Gasteiger partial charge on any atom is -0.454 e. The van der Waals surface area contributed by atoms with Crippen molar-refractivity contribution in [1.82, 2.24) is 26.6 Å². The quantitative estimate of drug-likeness (QED) is 0.0248. The predicted molar refractivity (Wildman–Crippen MR) is 322 cm³/mol. The Labute approximate surface area is 511 Å². The number of unbranched alkanes of at least 4 members (excludes halogenated alkanes) is 6. The van der Waals surface area contributed by atoms with Crippen LogP contribution in [0.25, 0.3) is 6.08 Å². The molecule has 1 aromatic rings. The van der Waals surface area contributed by atoms with Gasteiger partial charge in [0.25, 0.3) is 5.78 Å². The molecule has 0 saturated heterocycles. The molecule has 0 spiro atoms. The molecule has 2 rings (SSSR count). The van der Waals surface area contributed by atoms with E-state index in [4.69, 9.17) is 38.2 Å². The third kappa shape index (κ3) is 41.2. The Kier molecular flexibility index (Phi) is 39.6. The zero-order chi connectivity index (χ0) is 66.3. The number of esters is 1. The molecule has 0 saturated carbocycles. The highest BCUT2D eigenvalue weighted by Crippen LogP contribution is 2.36. The third-order valence-corrected chi connectivity index (χ3v) is 13.9. The van der Waals surface area contributed by atoms with Crippen LogP contribution < -0.4 is 26.6 Å². The van der Waals surface area contributed by atoms with Gasteiger partial charge < -0.3 is 36.1 Å². The molecule has 484 valence electrons. The fourth-order valence-electron chi connectivity index (χ4n) is 9.18. The van der Waals surface area contributed by atoms with Crippen molar-refractivity contribution in [2.75, 3.05) is 19.6 Å². The number of Topliss-reactive ketones (excluding diaryl/α,β-unsaturated/α-hetero) is 2. The summed E-state index contributed by atoms with van der Waals surface area (Å²) < 4.78 is 10.7. The zero-order valence-electron chi connectivity index (χ0n) is 54.3. The first-order valence-corrected chi connectivity index (χ1v) is 30.0. The Hall–Kier alpha value is -6.94. The number of rotatable bonds is 33. The molecule has 5 N–H and O–H groups in total. The van der Waals surface area contributed by atoms with E-state index in [0.717, 1.165) is 49.7 Å². The highest BCUT2D eigenvalue weighted by molar-refractivity contribution is 6.36. The van der Waals surface area contributed by atoms with E-state index >= 15 is 0 Å². The number of nitrogens with one attached hydrogen (secondary N) is 5. The van der Waals surface area contributed by atoms with Gasteiger partial charge >= 0.3 is 30.5 Å². The van der Waals surface area contributed by atoms with Gasteiger partial charge in [-0.2, -0.15) is 28.8 Å². The van der Waals surface area contributed by atoms with E-state index in [-0.39, 0.29) is 89.4 Å². The van der Waals surface area contributed by atoms with Crippen molar-refractivity contribution in [1.29, 1.82) is 0 Å². The second-order valence-corrected chi connectivity index (χ2v) is 27.1. The van der Waals surface area contributed by atoms with Gasteiger partial charge in [-0.15, -0.1) is 0 Å². The smallest absolute Gasteiger partial charge is 0.407 e. The maximum absolute atomic E-state index is 14.1. The van der Waals surface area contributed by atoms with E-state index in [0.29, 0.717) is 89.4 Å². The van der Waals surface area contributed by atoms with E-state index in [2.05, 4.69) is 88.9 Å². The summed E-state index contributed by atoms with van der Waals surface area (Å²) in [6.45, 7) is 31.0. The molecule has 86 heavy (non-hydrogen) atoms. The summed E-state index contributed by atoms with van der Waals surface area (Å²) in [7, 11) is 0. The van der Waals surface area contributed by atoms with Crippen LogP contribution in [0.1, 0.15) is 231 Å². The number of alkyl carbamates (subject to hydrolysis) is 1. The summed E-state index contributed by atoms with van der Waals surface area (Å²) in [5.74, 6) is -3.26. The fraction of sp³-hybridized carbons (Fsp3) is 0.708.